The topological polar surface area (TPSA) is 75.7 Å². The number of nitrogens with zero attached hydrogens (tertiary/aromatic N) is 1. The Balaban J connectivity index is 1.64. The number of fused-ring (bicyclic) bond motifs is 1. The Morgan fingerprint density at radius 1 is 0.971 bits per heavy atom. The lowest BCUT2D eigenvalue weighted by atomic mass is 9.96. The number of hydrogen-bond donors (Lipinski definition) is 1. The van der Waals surface area contributed by atoms with Gasteiger partial charge in [0.05, 0.1) is 23.2 Å². The fourth-order valence-corrected chi connectivity index (χ4v) is 5.77. The molecule has 2 atom stereocenters. The van der Waals surface area contributed by atoms with Crippen molar-refractivity contribution in [2.24, 2.45) is 0 Å². The molecule has 7 heteroatoms. The largest absolute Gasteiger partial charge is 0.476 e. The van der Waals surface area contributed by atoms with Crippen LogP contribution in [0.1, 0.15) is 40.8 Å². The summed E-state index contributed by atoms with van der Waals surface area (Å²) < 4.78 is 34.3. The van der Waals surface area contributed by atoms with Crippen molar-refractivity contribution >= 4 is 21.6 Å². The zero-order valence-electron chi connectivity index (χ0n) is 20.1. The molecule has 178 valence electrons. The second-order valence-electron chi connectivity index (χ2n) is 8.95. The summed E-state index contributed by atoms with van der Waals surface area (Å²) in [4.78, 5) is 13.4. The lowest BCUT2D eigenvalue weighted by Gasteiger charge is -2.35. The van der Waals surface area contributed by atoms with E-state index in [9.17, 15) is 13.2 Å². The zero-order chi connectivity index (χ0) is 24.6. The number of carbonyl (C=O) groups is 1. The molecule has 1 aliphatic heterocycles. The van der Waals surface area contributed by atoms with Gasteiger partial charge in [-0.05, 0) is 86.7 Å². The molecule has 1 heterocycles. The summed E-state index contributed by atoms with van der Waals surface area (Å²) in [5, 5.41) is 3.02. The summed E-state index contributed by atoms with van der Waals surface area (Å²) >= 11 is 0. The van der Waals surface area contributed by atoms with Gasteiger partial charge in [0.15, 0.2) is 6.10 Å². The molecule has 0 fully saturated rings. The van der Waals surface area contributed by atoms with Gasteiger partial charge in [-0.25, -0.2) is 8.42 Å². The van der Waals surface area contributed by atoms with Crippen LogP contribution in [0, 0.1) is 27.7 Å². The number of ether oxygens (including phenoxy) is 1. The number of benzene rings is 3. The van der Waals surface area contributed by atoms with Crippen molar-refractivity contribution in [3.63, 3.8) is 0 Å². The third kappa shape index (κ3) is 4.53. The van der Waals surface area contributed by atoms with Gasteiger partial charge in [-0.1, -0.05) is 36.4 Å². The molecule has 1 amide bonds. The first-order chi connectivity index (χ1) is 16.1. The molecule has 4 rings (SSSR count). The molecule has 0 aromatic heterocycles. The number of rotatable bonds is 5. The average molecular weight is 479 g/mol. The number of anilines is 1. The molecule has 0 unspecified atom stereocenters. The van der Waals surface area contributed by atoms with E-state index in [4.69, 9.17) is 4.74 Å². The van der Waals surface area contributed by atoms with Gasteiger partial charge in [0.2, 0.25) is 0 Å². The maximum absolute atomic E-state index is 13.5. The molecule has 6 nitrogen and oxygen atoms in total. The quantitative estimate of drug-likeness (QED) is 0.574. The fraction of sp³-hybridized carbons (Fsp3) is 0.296. The summed E-state index contributed by atoms with van der Waals surface area (Å²) in [6, 6.07) is 17.5. The lowest BCUT2D eigenvalue weighted by molar-refractivity contribution is -0.128. The predicted octanol–water partition coefficient (Wildman–Crippen LogP) is 4.75. The van der Waals surface area contributed by atoms with Crippen LogP contribution in [-0.2, 0) is 14.8 Å². The molecule has 0 saturated carbocycles. The highest BCUT2D eigenvalue weighted by Gasteiger charge is 2.38. The third-order valence-corrected chi connectivity index (χ3v) is 8.11. The molecule has 0 radical (unpaired) electrons. The van der Waals surface area contributed by atoms with Gasteiger partial charge in [-0.15, -0.1) is 0 Å². The molecule has 34 heavy (non-hydrogen) atoms. The van der Waals surface area contributed by atoms with Crippen LogP contribution in [0.25, 0.3) is 0 Å². The Kier molecular flexibility index (Phi) is 6.41. The van der Waals surface area contributed by atoms with Gasteiger partial charge in [0, 0.05) is 0 Å². The van der Waals surface area contributed by atoms with Crippen molar-refractivity contribution in [2.75, 3.05) is 10.8 Å². The van der Waals surface area contributed by atoms with E-state index in [1.54, 1.807) is 42.5 Å². The van der Waals surface area contributed by atoms with E-state index in [1.807, 2.05) is 33.8 Å². The minimum Gasteiger partial charge on any atom is -0.476 e. The van der Waals surface area contributed by atoms with E-state index in [0.29, 0.717) is 11.4 Å². The van der Waals surface area contributed by atoms with E-state index < -0.39 is 16.1 Å². The minimum atomic E-state index is -3.88. The number of aryl methyl sites for hydroxylation is 4. The molecule has 1 aliphatic rings. The second kappa shape index (κ2) is 9.14. The van der Waals surface area contributed by atoms with Gasteiger partial charge in [0.1, 0.15) is 5.75 Å². The first kappa shape index (κ1) is 23.8. The van der Waals surface area contributed by atoms with Crippen molar-refractivity contribution in [3.05, 3.63) is 88.5 Å². The molecule has 1 N–H and O–H groups in total. The Morgan fingerprint density at radius 3 is 2.35 bits per heavy atom. The van der Waals surface area contributed by atoms with E-state index in [1.165, 1.54) is 9.87 Å². The molecular formula is C27H30N2O4S. The van der Waals surface area contributed by atoms with Crippen molar-refractivity contribution < 1.29 is 17.9 Å². The van der Waals surface area contributed by atoms with E-state index in [0.717, 1.165) is 22.3 Å². The number of sulfonamides is 1. The van der Waals surface area contributed by atoms with E-state index in [-0.39, 0.29) is 23.4 Å². The normalized spacial score (nSPS) is 16.4. The summed E-state index contributed by atoms with van der Waals surface area (Å²) in [6.45, 7) is 9.83. The van der Waals surface area contributed by atoms with Crippen molar-refractivity contribution in [1.29, 1.82) is 0 Å². The Bertz CT molecular complexity index is 1340. The zero-order valence-corrected chi connectivity index (χ0v) is 20.9. The van der Waals surface area contributed by atoms with Gasteiger partial charge >= 0.3 is 0 Å². The molecular weight excluding hydrogens is 448 g/mol. The SMILES string of the molecule is Cc1ccc2c(c1)N(S(=O)(=O)c1ccccc1)C[C@H](C(=O)N[C@@H](C)c1cc(C)c(C)cc1C)O2. The van der Waals surface area contributed by atoms with E-state index in [2.05, 4.69) is 24.4 Å². The highest BCUT2D eigenvalue weighted by molar-refractivity contribution is 7.92. The molecule has 0 bridgehead atoms. The van der Waals surface area contributed by atoms with Crippen molar-refractivity contribution in [3.8, 4) is 5.75 Å². The summed E-state index contributed by atoms with van der Waals surface area (Å²) in [5.74, 6) is 0.0103. The molecule has 0 spiro atoms. The highest BCUT2D eigenvalue weighted by atomic mass is 32.2. The highest BCUT2D eigenvalue weighted by Crippen LogP contribution is 2.38. The molecule has 0 aliphatic carbocycles. The van der Waals surface area contributed by atoms with Crippen LogP contribution in [0.15, 0.2) is 65.6 Å². The number of carbonyl (C=O) groups excluding carboxylic acids is 1. The lowest BCUT2D eigenvalue weighted by Crippen LogP contribution is -2.51. The van der Waals surface area contributed by atoms with Crippen molar-refractivity contribution in [1.82, 2.24) is 5.32 Å². The standard InChI is InChI=1S/C27H30N2O4S/c1-17-11-12-25-24(13-17)29(34(31,32)22-9-7-6-8-10-22)16-26(33-25)27(30)28-21(5)23-15-19(3)18(2)14-20(23)4/h6-15,21,26H,16H2,1-5H3,(H,28,30)/t21-,26+/m0/s1. The van der Waals surface area contributed by atoms with E-state index >= 15 is 0 Å². The monoisotopic (exact) mass is 478 g/mol. The van der Waals surface area contributed by atoms with Crippen LogP contribution >= 0.6 is 0 Å². The van der Waals surface area contributed by atoms with Crippen LogP contribution in [0.3, 0.4) is 0 Å². The molecule has 3 aromatic rings. The second-order valence-corrected chi connectivity index (χ2v) is 10.8. The minimum absolute atomic E-state index is 0.113. The number of amides is 1. The Labute approximate surface area is 201 Å². The third-order valence-electron chi connectivity index (χ3n) is 6.32. The van der Waals surface area contributed by atoms with Crippen LogP contribution in [-0.4, -0.2) is 27.0 Å². The number of nitrogens with one attached hydrogen (secondary N) is 1. The molecule has 0 saturated heterocycles. The number of hydrogen-bond acceptors (Lipinski definition) is 4. The van der Waals surface area contributed by atoms with Gasteiger partial charge in [0.25, 0.3) is 15.9 Å². The molecule has 3 aromatic carbocycles. The predicted molar refractivity (Wildman–Crippen MR) is 134 cm³/mol. The van der Waals surface area contributed by atoms with Crippen LogP contribution in [0.5, 0.6) is 5.75 Å². The van der Waals surface area contributed by atoms with Crippen LogP contribution in [0.2, 0.25) is 0 Å². The summed E-state index contributed by atoms with van der Waals surface area (Å²) in [7, 11) is -3.88. The average Bonchev–Trinajstić information content (AvgIpc) is 2.81. The van der Waals surface area contributed by atoms with Crippen molar-refractivity contribution in [2.45, 2.75) is 51.7 Å². The summed E-state index contributed by atoms with van der Waals surface area (Å²) in [5.41, 5.74) is 5.80. The maximum Gasteiger partial charge on any atom is 0.264 e. The Hall–Kier alpha value is -3.32. The van der Waals surface area contributed by atoms with Gasteiger partial charge in [-0.3, -0.25) is 9.10 Å². The maximum atomic E-state index is 13.5. The van der Waals surface area contributed by atoms with Gasteiger partial charge in [-0.2, -0.15) is 0 Å². The van der Waals surface area contributed by atoms with Crippen LogP contribution in [0.4, 0.5) is 5.69 Å². The first-order valence-corrected chi connectivity index (χ1v) is 12.7. The van der Waals surface area contributed by atoms with Crippen LogP contribution < -0.4 is 14.4 Å². The Morgan fingerprint density at radius 2 is 1.65 bits per heavy atom. The smallest absolute Gasteiger partial charge is 0.264 e. The summed E-state index contributed by atoms with van der Waals surface area (Å²) in [6.07, 6.45) is -0.983. The fourth-order valence-electron chi connectivity index (χ4n) is 4.28. The first-order valence-electron chi connectivity index (χ1n) is 11.3. The van der Waals surface area contributed by atoms with Gasteiger partial charge < -0.3 is 10.1 Å².